The quantitative estimate of drug-likeness (QED) is 0.0262. The molecular formula is C58H98O6. The van der Waals surface area contributed by atoms with Crippen LogP contribution in [0.15, 0.2) is 85.1 Å². The molecule has 0 fully saturated rings. The monoisotopic (exact) mass is 891 g/mol. The molecular weight excluding hydrogens is 793 g/mol. The Kier molecular flexibility index (Phi) is 49.4. The lowest BCUT2D eigenvalue weighted by Gasteiger charge is -2.18. The minimum Gasteiger partial charge on any atom is -0.462 e. The number of hydrogen-bond donors (Lipinski definition) is 0. The summed E-state index contributed by atoms with van der Waals surface area (Å²) < 4.78 is 16.8. The summed E-state index contributed by atoms with van der Waals surface area (Å²) in [6.07, 6.45) is 67.2. The number of carbonyl (C=O) groups excluding carboxylic acids is 3. The van der Waals surface area contributed by atoms with Gasteiger partial charge in [-0.3, -0.25) is 14.4 Å². The lowest BCUT2D eigenvalue weighted by atomic mass is 10.1. The summed E-state index contributed by atoms with van der Waals surface area (Å²) in [6.45, 7) is 6.37. The van der Waals surface area contributed by atoms with E-state index in [-0.39, 0.29) is 37.5 Å². The summed E-state index contributed by atoms with van der Waals surface area (Å²) in [5.74, 6) is -0.953. The van der Waals surface area contributed by atoms with Crippen LogP contribution in [0.25, 0.3) is 0 Å². The van der Waals surface area contributed by atoms with E-state index < -0.39 is 6.10 Å². The minimum absolute atomic E-state index is 0.0988. The van der Waals surface area contributed by atoms with Crippen LogP contribution in [-0.2, 0) is 28.6 Å². The molecule has 0 aromatic heterocycles. The van der Waals surface area contributed by atoms with E-state index in [9.17, 15) is 14.4 Å². The zero-order valence-electron chi connectivity index (χ0n) is 41.8. The highest BCUT2D eigenvalue weighted by Crippen LogP contribution is 2.14. The predicted molar refractivity (Wildman–Crippen MR) is 274 cm³/mol. The van der Waals surface area contributed by atoms with Crippen LogP contribution in [0.1, 0.15) is 245 Å². The van der Waals surface area contributed by atoms with E-state index >= 15 is 0 Å². The molecule has 366 valence electrons. The van der Waals surface area contributed by atoms with Gasteiger partial charge >= 0.3 is 17.9 Å². The maximum atomic E-state index is 12.8. The van der Waals surface area contributed by atoms with Gasteiger partial charge in [0.2, 0.25) is 0 Å². The van der Waals surface area contributed by atoms with Gasteiger partial charge in [0.15, 0.2) is 6.10 Å². The van der Waals surface area contributed by atoms with Gasteiger partial charge in [-0.1, -0.05) is 202 Å². The summed E-state index contributed by atoms with van der Waals surface area (Å²) >= 11 is 0. The highest BCUT2D eigenvalue weighted by atomic mass is 16.6. The summed E-state index contributed by atoms with van der Waals surface area (Å²) in [6, 6.07) is 0. The molecule has 1 unspecified atom stereocenters. The van der Waals surface area contributed by atoms with E-state index in [2.05, 4.69) is 106 Å². The largest absolute Gasteiger partial charge is 0.462 e. The Morgan fingerprint density at radius 2 is 0.609 bits per heavy atom. The van der Waals surface area contributed by atoms with Crippen molar-refractivity contribution in [2.24, 2.45) is 0 Å². The van der Waals surface area contributed by atoms with Crippen molar-refractivity contribution in [3.8, 4) is 0 Å². The van der Waals surface area contributed by atoms with Crippen molar-refractivity contribution in [2.45, 2.75) is 252 Å². The van der Waals surface area contributed by atoms with Crippen LogP contribution < -0.4 is 0 Å². The number of allylic oxidation sites excluding steroid dienone is 14. The fourth-order valence-corrected chi connectivity index (χ4v) is 7.17. The first-order valence-electron chi connectivity index (χ1n) is 26.6. The van der Waals surface area contributed by atoms with Gasteiger partial charge in [0.1, 0.15) is 13.2 Å². The number of hydrogen-bond acceptors (Lipinski definition) is 6. The van der Waals surface area contributed by atoms with Crippen molar-refractivity contribution >= 4 is 17.9 Å². The third kappa shape index (κ3) is 49.6. The molecule has 0 heterocycles. The molecule has 0 aliphatic rings. The molecule has 0 aromatic rings. The first kappa shape index (κ1) is 60.6. The number of carbonyl (C=O) groups is 3. The fourth-order valence-electron chi connectivity index (χ4n) is 7.17. The molecule has 0 saturated heterocycles. The van der Waals surface area contributed by atoms with E-state index in [1.165, 1.54) is 77.0 Å². The van der Waals surface area contributed by atoms with Crippen LogP contribution in [0, 0.1) is 0 Å². The summed E-state index contributed by atoms with van der Waals surface area (Å²) in [7, 11) is 0. The third-order valence-electron chi connectivity index (χ3n) is 11.1. The second-order valence-electron chi connectivity index (χ2n) is 17.4. The Hall–Kier alpha value is -3.41. The molecule has 64 heavy (non-hydrogen) atoms. The van der Waals surface area contributed by atoms with Gasteiger partial charge in [-0.25, -0.2) is 0 Å². The van der Waals surface area contributed by atoms with Gasteiger partial charge in [0, 0.05) is 19.3 Å². The van der Waals surface area contributed by atoms with Crippen molar-refractivity contribution in [3.63, 3.8) is 0 Å². The lowest BCUT2D eigenvalue weighted by Crippen LogP contribution is -2.30. The molecule has 0 aliphatic heterocycles. The fraction of sp³-hybridized carbons (Fsp3) is 0.707. The van der Waals surface area contributed by atoms with E-state index in [4.69, 9.17) is 14.2 Å². The van der Waals surface area contributed by atoms with Crippen LogP contribution in [0.3, 0.4) is 0 Å². The molecule has 1 atom stereocenters. The first-order valence-corrected chi connectivity index (χ1v) is 26.6. The molecule has 6 heteroatoms. The van der Waals surface area contributed by atoms with Crippen molar-refractivity contribution < 1.29 is 28.6 Å². The van der Waals surface area contributed by atoms with Crippen LogP contribution in [0.5, 0.6) is 0 Å². The summed E-state index contributed by atoms with van der Waals surface area (Å²) in [5, 5.41) is 0. The Labute approximate surface area is 395 Å². The highest BCUT2D eigenvalue weighted by molar-refractivity contribution is 5.71. The van der Waals surface area contributed by atoms with Gasteiger partial charge in [0.25, 0.3) is 0 Å². The molecule has 0 spiro atoms. The second kappa shape index (κ2) is 52.2. The maximum Gasteiger partial charge on any atom is 0.306 e. The molecule has 6 nitrogen and oxygen atoms in total. The molecule has 0 saturated carbocycles. The number of esters is 3. The van der Waals surface area contributed by atoms with E-state index in [0.29, 0.717) is 12.8 Å². The van der Waals surface area contributed by atoms with E-state index in [1.807, 2.05) is 0 Å². The Morgan fingerprint density at radius 1 is 0.328 bits per heavy atom. The van der Waals surface area contributed by atoms with Gasteiger partial charge in [-0.05, 0) is 109 Å². The van der Waals surface area contributed by atoms with Crippen LogP contribution in [0.2, 0.25) is 0 Å². The Bertz CT molecular complexity index is 1250. The van der Waals surface area contributed by atoms with Crippen LogP contribution in [0.4, 0.5) is 0 Å². The van der Waals surface area contributed by atoms with Crippen molar-refractivity contribution in [1.29, 1.82) is 0 Å². The normalized spacial score (nSPS) is 12.7. The smallest absolute Gasteiger partial charge is 0.306 e. The van der Waals surface area contributed by atoms with Crippen molar-refractivity contribution in [2.75, 3.05) is 13.2 Å². The average Bonchev–Trinajstić information content (AvgIpc) is 3.29. The van der Waals surface area contributed by atoms with Crippen molar-refractivity contribution in [1.82, 2.24) is 0 Å². The molecule has 0 N–H and O–H groups in total. The van der Waals surface area contributed by atoms with Gasteiger partial charge in [-0.15, -0.1) is 0 Å². The van der Waals surface area contributed by atoms with E-state index in [0.717, 1.165) is 128 Å². The molecule has 0 amide bonds. The molecule has 0 aliphatic carbocycles. The summed E-state index contributed by atoms with van der Waals surface area (Å²) in [5.41, 5.74) is 0. The number of unbranched alkanes of at least 4 members (excludes halogenated alkanes) is 22. The Morgan fingerprint density at radius 3 is 0.984 bits per heavy atom. The topological polar surface area (TPSA) is 78.9 Å². The summed E-state index contributed by atoms with van der Waals surface area (Å²) in [4.78, 5) is 38.0. The number of rotatable bonds is 47. The molecule has 0 rings (SSSR count). The zero-order chi connectivity index (χ0) is 46.5. The number of ether oxygens (including phenoxy) is 3. The molecule has 0 radical (unpaired) electrons. The second-order valence-corrected chi connectivity index (χ2v) is 17.4. The highest BCUT2D eigenvalue weighted by Gasteiger charge is 2.19. The van der Waals surface area contributed by atoms with Crippen LogP contribution >= 0.6 is 0 Å². The lowest BCUT2D eigenvalue weighted by molar-refractivity contribution is -0.167. The minimum atomic E-state index is -0.802. The van der Waals surface area contributed by atoms with Gasteiger partial charge in [-0.2, -0.15) is 0 Å². The van der Waals surface area contributed by atoms with Gasteiger partial charge in [0.05, 0.1) is 0 Å². The van der Waals surface area contributed by atoms with Gasteiger partial charge < -0.3 is 14.2 Å². The average molecular weight is 891 g/mol. The van der Waals surface area contributed by atoms with E-state index in [1.54, 1.807) is 0 Å². The SMILES string of the molecule is CC/C=C\C/C=C\C/C=C\C/C=C\CCCCCC(=O)OC(COC(=O)CCCCCCC/C=C\C/C=C\CC)COC(=O)CCCCCCC/C=C\CCCCCCCCCCC. The first-order chi connectivity index (χ1) is 31.5. The standard InChI is InChI=1S/C58H98O6/c1-4-7-10-13-16-19-22-25-27-29-30-32-33-36-39-42-45-48-51-57(60)63-54-55(53-62-56(59)50-47-44-41-38-35-24-21-18-15-12-9-6-3)64-58(61)52-49-46-43-40-37-34-31-28-26-23-20-17-14-11-8-5-2/h8-9,11-12,17-18,20-21,26,28,30,32,34,37,55H,4-7,10,13-16,19,22-25,27,29,31,33,35-36,38-54H2,1-3H3/b11-8-,12-9-,20-17-,21-18-,28-26-,32-30-,37-34-. The Balaban J connectivity index is 4.44. The zero-order valence-corrected chi connectivity index (χ0v) is 41.8. The predicted octanol–water partition coefficient (Wildman–Crippen LogP) is 17.6. The third-order valence-corrected chi connectivity index (χ3v) is 11.1. The van der Waals surface area contributed by atoms with Crippen LogP contribution in [-0.4, -0.2) is 37.2 Å². The molecule has 0 aromatic carbocycles. The maximum absolute atomic E-state index is 12.8. The van der Waals surface area contributed by atoms with Crippen molar-refractivity contribution in [3.05, 3.63) is 85.1 Å². The molecule has 0 bridgehead atoms.